The van der Waals surface area contributed by atoms with Gasteiger partial charge in [0.25, 0.3) is 0 Å². The maximum atomic E-state index is 13.4. The number of hydrogen-bond donors (Lipinski definition) is 1. The van der Waals surface area contributed by atoms with Crippen molar-refractivity contribution >= 4 is 11.6 Å². The Morgan fingerprint density at radius 3 is 2.27 bits per heavy atom. The summed E-state index contributed by atoms with van der Waals surface area (Å²) < 4.78 is 7.61. The predicted molar refractivity (Wildman–Crippen MR) is 158 cm³/mol. The van der Waals surface area contributed by atoms with Crippen LogP contribution in [0.2, 0.25) is 0 Å². The maximum absolute atomic E-state index is 13.4. The zero-order chi connectivity index (χ0) is 28.1. The third-order valence-corrected chi connectivity index (χ3v) is 6.98. The number of benzene rings is 3. The highest BCUT2D eigenvalue weighted by molar-refractivity contribution is 5.86. The molecule has 1 N–H and O–H groups in total. The van der Waals surface area contributed by atoms with Crippen LogP contribution in [0.15, 0.2) is 84.9 Å². The van der Waals surface area contributed by atoms with Gasteiger partial charge in [0.2, 0.25) is 5.91 Å². The second kappa shape index (κ2) is 12.0. The molecule has 1 amide bonds. The number of rotatable bonds is 10. The zero-order valence-corrected chi connectivity index (χ0v) is 23.2. The molecule has 2 heterocycles. The molecule has 3 aromatic carbocycles. The van der Waals surface area contributed by atoms with Gasteiger partial charge in [0.15, 0.2) is 5.65 Å². The van der Waals surface area contributed by atoms with Crippen LogP contribution in [0.1, 0.15) is 32.8 Å². The average molecular weight is 535 g/mol. The highest BCUT2D eigenvalue weighted by Gasteiger charge is 2.24. The van der Waals surface area contributed by atoms with Crippen molar-refractivity contribution in [2.75, 3.05) is 19.7 Å². The van der Waals surface area contributed by atoms with E-state index in [-0.39, 0.29) is 18.1 Å². The van der Waals surface area contributed by atoms with E-state index in [1.54, 1.807) is 12.1 Å². The normalized spacial score (nSPS) is 11.1. The molecule has 0 bridgehead atoms. The van der Waals surface area contributed by atoms with Crippen molar-refractivity contribution in [2.24, 2.45) is 0 Å². The van der Waals surface area contributed by atoms with Crippen LogP contribution in [0.25, 0.3) is 39.4 Å². The average Bonchev–Trinajstić information content (AvgIpc) is 3.35. The molecule has 0 radical (unpaired) electrons. The third kappa shape index (κ3) is 5.41. The maximum Gasteiger partial charge on any atom is 0.227 e. The molecule has 5 rings (SSSR count). The summed E-state index contributed by atoms with van der Waals surface area (Å²) in [6.45, 7) is 7.94. The number of phenols is 1. The summed E-state index contributed by atoms with van der Waals surface area (Å²) in [5.41, 5.74) is 5.88. The number of carbonyl (C=O) groups excluding carboxylic acids is 1. The summed E-state index contributed by atoms with van der Waals surface area (Å²) >= 11 is 0. The number of phenolic OH excluding ortho intramolecular Hbond substituents is 1. The smallest absolute Gasteiger partial charge is 0.227 e. The molecule has 0 spiro atoms. The predicted octanol–water partition coefficient (Wildman–Crippen LogP) is 6.64. The van der Waals surface area contributed by atoms with E-state index in [0.29, 0.717) is 42.3 Å². The molecular weight excluding hydrogens is 500 g/mol. The molecule has 7 heteroatoms. The molecule has 0 aliphatic rings. The second-order valence-corrected chi connectivity index (χ2v) is 9.59. The molecule has 0 aliphatic heterocycles. The fraction of sp³-hybridized carbons (Fsp3) is 0.242. The Hall–Kier alpha value is -4.65. The number of amides is 1. The van der Waals surface area contributed by atoms with Gasteiger partial charge in [-0.25, -0.2) is 9.50 Å². The highest BCUT2D eigenvalue weighted by Crippen LogP contribution is 2.35. The fourth-order valence-corrected chi connectivity index (χ4v) is 4.87. The van der Waals surface area contributed by atoms with Crippen LogP contribution in [-0.2, 0) is 11.2 Å². The summed E-state index contributed by atoms with van der Waals surface area (Å²) in [5.74, 6) is 0.946. The first-order valence-corrected chi connectivity index (χ1v) is 13.8. The molecule has 0 saturated carbocycles. The Kier molecular flexibility index (Phi) is 8.10. The van der Waals surface area contributed by atoms with Crippen molar-refractivity contribution < 1.29 is 14.6 Å². The monoisotopic (exact) mass is 534 g/mol. The first kappa shape index (κ1) is 26.9. The fourth-order valence-electron chi connectivity index (χ4n) is 4.87. The summed E-state index contributed by atoms with van der Waals surface area (Å²) in [6, 6.07) is 26.9. The molecule has 0 fully saturated rings. The quantitative estimate of drug-likeness (QED) is 0.217. The minimum Gasteiger partial charge on any atom is -0.507 e. The van der Waals surface area contributed by atoms with E-state index in [1.165, 1.54) is 0 Å². The van der Waals surface area contributed by atoms with Crippen LogP contribution in [0.4, 0.5) is 0 Å². The number of ether oxygens (including phenoxy) is 1. The molecule has 40 heavy (non-hydrogen) atoms. The Balaban J connectivity index is 1.76. The molecule has 0 unspecified atom stereocenters. The SMILES string of the molecule is CCCOc1ccc(-c2nn3c(-c4ccccc4)cc(-c4ccccc4O)nc3c2CC(=O)N(CC)CC)cc1. The lowest BCUT2D eigenvalue weighted by Crippen LogP contribution is -2.31. The number of para-hydroxylation sites is 1. The molecular formula is C33H34N4O3. The molecule has 5 aromatic rings. The van der Waals surface area contributed by atoms with E-state index in [9.17, 15) is 9.90 Å². The number of likely N-dealkylation sites (N-methyl/N-ethyl adjacent to an activating group) is 1. The van der Waals surface area contributed by atoms with Gasteiger partial charge in [0.1, 0.15) is 11.5 Å². The number of hydrogen-bond acceptors (Lipinski definition) is 5. The summed E-state index contributed by atoms with van der Waals surface area (Å²) in [4.78, 5) is 20.3. The van der Waals surface area contributed by atoms with Crippen molar-refractivity contribution in [2.45, 2.75) is 33.6 Å². The molecule has 0 aliphatic carbocycles. The summed E-state index contributed by atoms with van der Waals surface area (Å²) in [6.07, 6.45) is 1.08. The Labute approximate surface area is 234 Å². The molecule has 0 saturated heterocycles. The van der Waals surface area contributed by atoms with Crippen molar-refractivity contribution in [1.29, 1.82) is 0 Å². The van der Waals surface area contributed by atoms with E-state index in [0.717, 1.165) is 34.6 Å². The van der Waals surface area contributed by atoms with Crippen molar-refractivity contribution in [3.63, 3.8) is 0 Å². The summed E-state index contributed by atoms with van der Waals surface area (Å²) in [5, 5.41) is 15.7. The number of nitrogens with zero attached hydrogens (tertiary/aromatic N) is 4. The Bertz CT molecular complexity index is 1610. The highest BCUT2D eigenvalue weighted by atomic mass is 16.5. The van der Waals surface area contributed by atoms with Gasteiger partial charge in [-0.15, -0.1) is 0 Å². The zero-order valence-electron chi connectivity index (χ0n) is 23.2. The van der Waals surface area contributed by atoms with Crippen LogP contribution in [-0.4, -0.2) is 50.2 Å². The van der Waals surface area contributed by atoms with Gasteiger partial charge >= 0.3 is 0 Å². The lowest BCUT2D eigenvalue weighted by Gasteiger charge is -2.18. The van der Waals surface area contributed by atoms with Gasteiger partial charge in [-0.3, -0.25) is 4.79 Å². The van der Waals surface area contributed by atoms with Crippen molar-refractivity contribution in [3.8, 4) is 45.3 Å². The van der Waals surface area contributed by atoms with Crippen molar-refractivity contribution in [1.82, 2.24) is 19.5 Å². The Morgan fingerprint density at radius 2 is 1.60 bits per heavy atom. The van der Waals surface area contributed by atoms with Gasteiger partial charge in [-0.05, 0) is 62.7 Å². The van der Waals surface area contributed by atoms with Crippen LogP contribution in [0, 0.1) is 0 Å². The molecule has 204 valence electrons. The van der Waals surface area contributed by atoms with E-state index in [2.05, 4.69) is 6.92 Å². The van der Waals surface area contributed by atoms with E-state index in [1.807, 2.05) is 96.1 Å². The first-order chi connectivity index (χ1) is 19.5. The lowest BCUT2D eigenvalue weighted by molar-refractivity contribution is -0.130. The van der Waals surface area contributed by atoms with Gasteiger partial charge in [-0.1, -0.05) is 49.4 Å². The molecule has 2 aromatic heterocycles. The van der Waals surface area contributed by atoms with E-state index >= 15 is 0 Å². The third-order valence-electron chi connectivity index (χ3n) is 6.98. The van der Waals surface area contributed by atoms with Gasteiger partial charge in [0.05, 0.1) is 30.1 Å². The topological polar surface area (TPSA) is 80.0 Å². The van der Waals surface area contributed by atoms with Crippen LogP contribution < -0.4 is 4.74 Å². The van der Waals surface area contributed by atoms with E-state index < -0.39 is 0 Å². The van der Waals surface area contributed by atoms with Crippen LogP contribution in [0.3, 0.4) is 0 Å². The molecule has 0 atom stereocenters. The largest absolute Gasteiger partial charge is 0.507 e. The minimum absolute atomic E-state index is 0.0140. The number of aromatic hydroxyl groups is 1. The van der Waals surface area contributed by atoms with Crippen LogP contribution in [0.5, 0.6) is 11.5 Å². The summed E-state index contributed by atoms with van der Waals surface area (Å²) in [7, 11) is 0. The Morgan fingerprint density at radius 1 is 0.900 bits per heavy atom. The second-order valence-electron chi connectivity index (χ2n) is 9.59. The standard InChI is InChI=1S/C33H34N4O3/c1-4-20-40-25-18-16-24(17-19-25)32-27(21-31(39)36(5-2)6-3)33-34-28(26-14-10-11-15-30(26)38)22-29(37(33)35-32)23-12-8-7-9-13-23/h7-19,22,38H,4-6,20-21H2,1-3H3. The van der Waals surface area contributed by atoms with E-state index in [4.69, 9.17) is 14.8 Å². The minimum atomic E-state index is 0.0140. The number of aromatic nitrogens is 3. The van der Waals surface area contributed by atoms with Crippen LogP contribution >= 0.6 is 0 Å². The van der Waals surface area contributed by atoms with Gasteiger partial charge in [0, 0.05) is 35.3 Å². The molecule has 7 nitrogen and oxygen atoms in total. The number of carbonyl (C=O) groups is 1. The number of fused-ring (bicyclic) bond motifs is 1. The van der Waals surface area contributed by atoms with Crippen molar-refractivity contribution in [3.05, 3.63) is 90.5 Å². The lowest BCUT2D eigenvalue weighted by atomic mass is 10.0. The van der Waals surface area contributed by atoms with Gasteiger partial charge in [-0.2, -0.15) is 5.10 Å². The van der Waals surface area contributed by atoms with Gasteiger partial charge < -0.3 is 14.7 Å². The first-order valence-electron chi connectivity index (χ1n) is 13.8.